The van der Waals surface area contributed by atoms with Crippen molar-refractivity contribution in [3.63, 3.8) is 0 Å². The molecule has 0 aliphatic heterocycles. The summed E-state index contributed by atoms with van der Waals surface area (Å²) in [5.41, 5.74) is 2.68. The van der Waals surface area contributed by atoms with E-state index in [1.165, 1.54) is 39.2 Å². The molecule has 4 rings (SSSR count). The highest BCUT2D eigenvalue weighted by atomic mass is 16.5. The van der Waals surface area contributed by atoms with Crippen LogP contribution in [0.1, 0.15) is 91.4 Å². The second kappa shape index (κ2) is 10.2. The molecule has 204 valence electrons. The minimum atomic E-state index is -0.133. The third-order valence-electron chi connectivity index (χ3n) is 12.3. The maximum absolute atomic E-state index is 12.2. The highest BCUT2D eigenvalue weighted by Crippen LogP contribution is 2.87. The van der Waals surface area contributed by atoms with E-state index in [1.807, 2.05) is 6.92 Å². The Morgan fingerprint density at radius 2 is 1.83 bits per heavy atom. The number of hydrogen-bond acceptors (Lipinski definition) is 5. The first-order chi connectivity index (χ1) is 17.1. The standard InChI is InChI=1S/C31H50O5/c1-21(17-32)7-6-8-23(19-34)25-11-13-29(4)26-10-9-24(22(2)18-33)30(14-12-27(35)36-5)20-31(26,30)16-15-28(25,29)3/h7,23-26,32-34H,2,6,8-20H2,1,3-5H3/b21-7-/t23-,24-,25+,26-,28+,29-,30+,31-/m0/s1. The fraction of sp³-hybridized carbons (Fsp3) is 0.839. The largest absolute Gasteiger partial charge is 0.469 e. The predicted octanol–water partition coefficient (Wildman–Crippen LogP) is 5.43. The number of carbonyl (C=O) groups is 1. The maximum atomic E-state index is 12.2. The number of allylic oxidation sites excluding steroid dienone is 1. The molecule has 4 fully saturated rings. The molecule has 0 heterocycles. The quantitative estimate of drug-likeness (QED) is 0.259. The van der Waals surface area contributed by atoms with E-state index in [-0.39, 0.29) is 47.4 Å². The van der Waals surface area contributed by atoms with Crippen molar-refractivity contribution in [2.75, 3.05) is 26.9 Å². The first-order valence-electron chi connectivity index (χ1n) is 14.3. The van der Waals surface area contributed by atoms with E-state index in [4.69, 9.17) is 4.74 Å². The summed E-state index contributed by atoms with van der Waals surface area (Å²) in [4.78, 5) is 12.2. The molecule has 5 nitrogen and oxygen atoms in total. The average Bonchev–Trinajstić information content (AvgIpc) is 3.48. The number of ether oxygens (including phenoxy) is 1. The number of methoxy groups -OCH3 is 1. The number of carbonyl (C=O) groups excluding carboxylic acids is 1. The Bertz CT molecular complexity index is 880. The summed E-state index contributed by atoms with van der Waals surface area (Å²) in [6, 6.07) is 0. The Balaban J connectivity index is 1.60. The molecule has 0 bridgehead atoms. The van der Waals surface area contributed by atoms with Crippen molar-refractivity contribution in [2.45, 2.75) is 91.4 Å². The molecule has 0 radical (unpaired) electrons. The minimum Gasteiger partial charge on any atom is -0.469 e. The molecule has 4 aliphatic rings. The Morgan fingerprint density at radius 3 is 2.47 bits per heavy atom. The summed E-state index contributed by atoms with van der Waals surface area (Å²) in [6.07, 6.45) is 13.4. The summed E-state index contributed by atoms with van der Waals surface area (Å²) >= 11 is 0. The fourth-order valence-corrected chi connectivity index (χ4v) is 10.2. The lowest BCUT2D eigenvalue weighted by atomic mass is 9.43. The number of aliphatic hydroxyl groups excluding tert-OH is 3. The lowest BCUT2D eigenvalue weighted by Gasteiger charge is -2.61. The summed E-state index contributed by atoms with van der Waals surface area (Å²) < 4.78 is 5.02. The normalized spacial score (nSPS) is 42.2. The van der Waals surface area contributed by atoms with Crippen molar-refractivity contribution < 1.29 is 24.9 Å². The van der Waals surface area contributed by atoms with Gasteiger partial charge < -0.3 is 20.1 Å². The van der Waals surface area contributed by atoms with Gasteiger partial charge in [-0.2, -0.15) is 0 Å². The van der Waals surface area contributed by atoms with E-state index in [9.17, 15) is 20.1 Å². The first-order valence-corrected chi connectivity index (χ1v) is 14.3. The van der Waals surface area contributed by atoms with E-state index in [2.05, 4.69) is 26.5 Å². The molecule has 4 saturated carbocycles. The zero-order valence-electron chi connectivity index (χ0n) is 23.2. The SMILES string of the molecule is C=C(CO)[C@@H]1CC[C@@H]2[C@]3(CC[C@]4(C)[C@@H]([C@H](CO)CC/C=C(/C)CO)CC[C@@]24C)C[C@]13CCC(=O)OC. The molecular formula is C31H50O5. The van der Waals surface area contributed by atoms with Crippen LogP contribution in [-0.2, 0) is 9.53 Å². The van der Waals surface area contributed by atoms with E-state index in [1.54, 1.807) is 0 Å². The molecule has 0 unspecified atom stereocenters. The first kappa shape index (κ1) is 27.9. The van der Waals surface area contributed by atoms with Crippen LogP contribution in [0.4, 0.5) is 0 Å². The second-order valence-corrected chi connectivity index (χ2v) is 13.3. The van der Waals surface area contributed by atoms with Gasteiger partial charge in [0.15, 0.2) is 0 Å². The monoisotopic (exact) mass is 502 g/mol. The van der Waals surface area contributed by atoms with Gasteiger partial charge in [0.2, 0.25) is 0 Å². The molecule has 0 aromatic rings. The number of esters is 1. The molecular weight excluding hydrogens is 452 g/mol. The van der Waals surface area contributed by atoms with Crippen molar-refractivity contribution in [3.05, 3.63) is 23.8 Å². The van der Waals surface area contributed by atoms with Crippen LogP contribution in [0.3, 0.4) is 0 Å². The molecule has 5 heteroatoms. The van der Waals surface area contributed by atoms with Crippen molar-refractivity contribution >= 4 is 5.97 Å². The molecule has 0 aromatic carbocycles. The predicted molar refractivity (Wildman–Crippen MR) is 142 cm³/mol. The fourth-order valence-electron chi connectivity index (χ4n) is 10.2. The minimum absolute atomic E-state index is 0.0326. The van der Waals surface area contributed by atoms with Crippen LogP contribution in [0.2, 0.25) is 0 Å². The molecule has 0 amide bonds. The average molecular weight is 503 g/mol. The van der Waals surface area contributed by atoms with Gasteiger partial charge in [-0.1, -0.05) is 32.1 Å². The second-order valence-electron chi connectivity index (χ2n) is 13.3. The van der Waals surface area contributed by atoms with E-state index < -0.39 is 0 Å². The van der Waals surface area contributed by atoms with Gasteiger partial charge in [0.1, 0.15) is 0 Å². The third kappa shape index (κ3) is 4.03. The van der Waals surface area contributed by atoms with Gasteiger partial charge in [0.25, 0.3) is 0 Å². The Hall–Kier alpha value is -1.17. The smallest absolute Gasteiger partial charge is 0.305 e. The van der Waals surface area contributed by atoms with Crippen LogP contribution >= 0.6 is 0 Å². The number of fused-ring (bicyclic) bond motifs is 2. The van der Waals surface area contributed by atoms with Crippen LogP contribution in [0, 0.1) is 45.3 Å². The molecule has 0 saturated heterocycles. The van der Waals surface area contributed by atoms with Crippen molar-refractivity contribution in [2.24, 2.45) is 45.3 Å². The summed E-state index contributed by atoms with van der Waals surface area (Å²) in [5, 5.41) is 29.8. The van der Waals surface area contributed by atoms with E-state index in [0.717, 1.165) is 43.3 Å². The van der Waals surface area contributed by atoms with E-state index >= 15 is 0 Å². The van der Waals surface area contributed by atoms with Crippen molar-refractivity contribution in [3.8, 4) is 0 Å². The van der Waals surface area contributed by atoms with Crippen LogP contribution in [0.5, 0.6) is 0 Å². The summed E-state index contributed by atoms with van der Waals surface area (Å²) in [5.74, 6) is 1.58. The Kier molecular flexibility index (Phi) is 7.88. The van der Waals surface area contributed by atoms with Gasteiger partial charge >= 0.3 is 5.97 Å². The highest BCUT2D eigenvalue weighted by Gasteiger charge is 2.80. The van der Waals surface area contributed by atoms with Crippen LogP contribution in [-0.4, -0.2) is 48.2 Å². The lowest BCUT2D eigenvalue weighted by molar-refractivity contribution is -0.143. The number of aliphatic hydroxyl groups is 3. The van der Waals surface area contributed by atoms with Crippen LogP contribution < -0.4 is 0 Å². The Morgan fingerprint density at radius 1 is 1.08 bits per heavy atom. The van der Waals surface area contributed by atoms with Gasteiger partial charge in [-0.05, 0) is 122 Å². The molecule has 8 atom stereocenters. The van der Waals surface area contributed by atoms with Crippen LogP contribution in [0.25, 0.3) is 0 Å². The Labute approximate surface area is 218 Å². The van der Waals surface area contributed by atoms with Crippen LogP contribution in [0.15, 0.2) is 23.8 Å². The number of rotatable bonds is 11. The molecule has 0 aromatic heterocycles. The molecule has 4 aliphatic carbocycles. The zero-order chi connectivity index (χ0) is 26.4. The summed E-state index contributed by atoms with van der Waals surface area (Å²) in [6.45, 7) is 11.7. The zero-order valence-corrected chi connectivity index (χ0v) is 23.2. The maximum Gasteiger partial charge on any atom is 0.305 e. The van der Waals surface area contributed by atoms with Gasteiger partial charge in [0.05, 0.1) is 20.3 Å². The topological polar surface area (TPSA) is 87.0 Å². The summed E-state index contributed by atoms with van der Waals surface area (Å²) in [7, 11) is 1.47. The number of hydrogen-bond donors (Lipinski definition) is 3. The highest BCUT2D eigenvalue weighted by molar-refractivity contribution is 5.69. The van der Waals surface area contributed by atoms with E-state index in [0.29, 0.717) is 30.1 Å². The van der Waals surface area contributed by atoms with Gasteiger partial charge in [-0.15, -0.1) is 0 Å². The molecule has 3 N–H and O–H groups in total. The van der Waals surface area contributed by atoms with Crippen molar-refractivity contribution in [1.82, 2.24) is 0 Å². The van der Waals surface area contributed by atoms with Gasteiger partial charge in [-0.25, -0.2) is 0 Å². The lowest BCUT2D eigenvalue weighted by Crippen LogP contribution is -2.54. The van der Waals surface area contributed by atoms with Crippen molar-refractivity contribution in [1.29, 1.82) is 0 Å². The van der Waals surface area contributed by atoms with Gasteiger partial charge in [0, 0.05) is 13.0 Å². The third-order valence-corrected chi connectivity index (χ3v) is 12.3. The molecule has 1 spiro atoms. The van der Waals surface area contributed by atoms with Gasteiger partial charge in [-0.3, -0.25) is 4.79 Å². The molecule has 36 heavy (non-hydrogen) atoms.